The fourth-order valence-electron chi connectivity index (χ4n) is 2.98. The number of likely N-dealkylation sites (tertiary alicyclic amines) is 1. The van der Waals surface area contributed by atoms with Crippen molar-refractivity contribution in [2.45, 2.75) is 12.0 Å². The Labute approximate surface area is 135 Å². The molecule has 0 spiro atoms. The molecule has 1 atom stereocenters. The molecule has 7 heteroatoms. The van der Waals surface area contributed by atoms with Gasteiger partial charge in [0.1, 0.15) is 0 Å². The predicted molar refractivity (Wildman–Crippen MR) is 85.4 cm³/mol. The van der Waals surface area contributed by atoms with Crippen molar-refractivity contribution in [2.75, 3.05) is 33.7 Å². The lowest BCUT2D eigenvalue weighted by atomic mass is 10.0. The van der Waals surface area contributed by atoms with Gasteiger partial charge in [-0.25, -0.2) is 9.67 Å². The molecule has 2 aromatic rings. The molecule has 1 saturated heterocycles. The third kappa shape index (κ3) is 3.40. The molecule has 1 fully saturated rings. The van der Waals surface area contributed by atoms with Gasteiger partial charge in [0.15, 0.2) is 5.82 Å². The van der Waals surface area contributed by atoms with Gasteiger partial charge < -0.3 is 14.9 Å². The van der Waals surface area contributed by atoms with E-state index in [1.165, 1.54) is 0 Å². The zero-order valence-electron chi connectivity index (χ0n) is 13.4. The Balaban J connectivity index is 1.69. The molecule has 0 aliphatic carbocycles. The third-order valence-electron chi connectivity index (χ3n) is 3.96. The first-order valence-corrected chi connectivity index (χ1v) is 7.59. The Hall–Kier alpha value is -2.25. The minimum absolute atomic E-state index is 0.0980. The first kappa shape index (κ1) is 15.6. The van der Waals surface area contributed by atoms with Gasteiger partial charge in [-0.15, -0.1) is 0 Å². The molecule has 0 aromatic carbocycles. The van der Waals surface area contributed by atoms with Gasteiger partial charge >= 0.3 is 0 Å². The number of β-amino-alcohol motifs (C(OH)–C–C–N with tert-alkyl or cyclic N) is 1. The van der Waals surface area contributed by atoms with Crippen molar-refractivity contribution >= 4 is 5.91 Å². The fourth-order valence-corrected chi connectivity index (χ4v) is 2.98. The molecule has 1 aliphatic rings. The summed E-state index contributed by atoms with van der Waals surface area (Å²) in [6.45, 7) is 1.46. The topological polar surface area (TPSA) is 74.5 Å². The highest BCUT2D eigenvalue weighted by Crippen LogP contribution is 2.23. The number of nitrogens with zero attached hydrogens (tertiary/aromatic N) is 5. The molecular weight excluding hydrogens is 294 g/mol. The second-order valence-corrected chi connectivity index (χ2v) is 6.29. The highest BCUT2D eigenvalue weighted by Gasteiger charge is 2.38. The van der Waals surface area contributed by atoms with Crippen LogP contribution >= 0.6 is 0 Å². The van der Waals surface area contributed by atoms with Crippen LogP contribution in [-0.4, -0.2) is 74.9 Å². The van der Waals surface area contributed by atoms with Crippen molar-refractivity contribution in [1.82, 2.24) is 24.6 Å². The molecule has 3 rings (SSSR count). The molecule has 122 valence electrons. The number of rotatable bonds is 4. The first-order chi connectivity index (χ1) is 11.0. The van der Waals surface area contributed by atoms with Crippen molar-refractivity contribution < 1.29 is 9.90 Å². The van der Waals surface area contributed by atoms with E-state index >= 15 is 0 Å². The number of likely N-dealkylation sites (N-methyl/N-ethyl adjacent to an activating group) is 1. The Kier molecular flexibility index (Phi) is 4.14. The van der Waals surface area contributed by atoms with E-state index in [0.29, 0.717) is 37.4 Å². The maximum atomic E-state index is 12.6. The number of aromatic nitrogens is 3. The van der Waals surface area contributed by atoms with Gasteiger partial charge in [0.25, 0.3) is 5.91 Å². The number of aliphatic hydroxyl groups is 1. The standard InChI is InChI=1S/C16H21N5O2/c1-19(2)11-16(23)6-9-20(12-16)15(22)13-4-5-14(17-10-13)21-8-3-7-18-21/h3-5,7-8,10,23H,6,9,11-12H2,1-2H3/t16-/m1/s1. The van der Waals surface area contributed by atoms with Crippen LogP contribution in [0.5, 0.6) is 0 Å². The summed E-state index contributed by atoms with van der Waals surface area (Å²) >= 11 is 0. The van der Waals surface area contributed by atoms with E-state index in [4.69, 9.17) is 0 Å². The van der Waals surface area contributed by atoms with Crippen molar-refractivity contribution in [3.05, 3.63) is 42.4 Å². The Morgan fingerprint density at radius 3 is 2.87 bits per heavy atom. The number of carbonyl (C=O) groups excluding carboxylic acids is 1. The molecule has 0 bridgehead atoms. The molecule has 7 nitrogen and oxygen atoms in total. The van der Waals surface area contributed by atoms with Crippen LogP contribution in [0.15, 0.2) is 36.8 Å². The van der Waals surface area contributed by atoms with Gasteiger partial charge in [-0.05, 0) is 38.7 Å². The Morgan fingerprint density at radius 1 is 1.43 bits per heavy atom. The van der Waals surface area contributed by atoms with Crippen LogP contribution in [0.3, 0.4) is 0 Å². The van der Waals surface area contributed by atoms with Gasteiger partial charge in [0.2, 0.25) is 0 Å². The van der Waals surface area contributed by atoms with Gasteiger partial charge in [-0.3, -0.25) is 4.79 Å². The second kappa shape index (κ2) is 6.10. The second-order valence-electron chi connectivity index (χ2n) is 6.29. The lowest BCUT2D eigenvalue weighted by molar-refractivity contribution is 0.0236. The summed E-state index contributed by atoms with van der Waals surface area (Å²) in [5.41, 5.74) is -0.309. The number of hydrogen-bond acceptors (Lipinski definition) is 5. The van der Waals surface area contributed by atoms with Crippen molar-refractivity contribution in [3.8, 4) is 5.82 Å². The molecule has 2 aromatic heterocycles. The van der Waals surface area contributed by atoms with Crippen molar-refractivity contribution in [1.29, 1.82) is 0 Å². The summed E-state index contributed by atoms with van der Waals surface area (Å²) in [6.07, 6.45) is 5.63. The zero-order valence-corrected chi connectivity index (χ0v) is 13.4. The van der Waals surface area contributed by atoms with Gasteiger partial charge in [0, 0.05) is 31.7 Å². The molecule has 0 saturated carbocycles. The van der Waals surface area contributed by atoms with Crippen LogP contribution in [0.1, 0.15) is 16.8 Å². The van der Waals surface area contributed by atoms with Gasteiger partial charge in [-0.2, -0.15) is 5.10 Å². The van der Waals surface area contributed by atoms with E-state index in [1.807, 2.05) is 25.1 Å². The summed E-state index contributed by atoms with van der Waals surface area (Å²) in [5.74, 6) is 0.566. The average molecular weight is 315 g/mol. The van der Waals surface area contributed by atoms with Gasteiger partial charge in [0.05, 0.1) is 17.7 Å². The summed E-state index contributed by atoms with van der Waals surface area (Å²) in [4.78, 5) is 20.5. The van der Waals surface area contributed by atoms with E-state index in [2.05, 4.69) is 10.1 Å². The van der Waals surface area contributed by atoms with Crippen LogP contribution < -0.4 is 0 Å². The summed E-state index contributed by atoms with van der Waals surface area (Å²) in [5, 5.41) is 14.6. The van der Waals surface area contributed by atoms with Crippen LogP contribution in [0, 0.1) is 0 Å². The largest absolute Gasteiger partial charge is 0.387 e. The molecule has 23 heavy (non-hydrogen) atoms. The van der Waals surface area contributed by atoms with E-state index in [-0.39, 0.29) is 5.91 Å². The molecule has 1 amide bonds. The van der Waals surface area contributed by atoms with Crippen molar-refractivity contribution in [3.63, 3.8) is 0 Å². The van der Waals surface area contributed by atoms with E-state index in [1.54, 1.807) is 40.3 Å². The fraction of sp³-hybridized carbons (Fsp3) is 0.438. The average Bonchev–Trinajstić information content (AvgIpc) is 3.16. The molecular formula is C16H21N5O2. The number of amides is 1. The third-order valence-corrected chi connectivity index (χ3v) is 3.96. The lowest BCUT2D eigenvalue weighted by Crippen LogP contribution is -2.43. The van der Waals surface area contributed by atoms with Crippen LogP contribution in [0.4, 0.5) is 0 Å². The highest BCUT2D eigenvalue weighted by molar-refractivity contribution is 5.94. The lowest BCUT2D eigenvalue weighted by Gasteiger charge is -2.26. The minimum atomic E-state index is -0.832. The monoisotopic (exact) mass is 315 g/mol. The minimum Gasteiger partial charge on any atom is -0.387 e. The van der Waals surface area contributed by atoms with Crippen LogP contribution in [0.25, 0.3) is 5.82 Å². The summed E-state index contributed by atoms with van der Waals surface area (Å²) in [7, 11) is 3.83. The molecule has 1 N–H and O–H groups in total. The maximum absolute atomic E-state index is 12.6. The molecule has 3 heterocycles. The highest BCUT2D eigenvalue weighted by atomic mass is 16.3. The summed E-state index contributed by atoms with van der Waals surface area (Å²) in [6, 6.07) is 5.33. The van der Waals surface area contributed by atoms with Gasteiger partial charge in [-0.1, -0.05) is 0 Å². The van der Waals surface area contributed by atoms with E-state index < -0.39 is 5.60 Å². The van der Waals surface area contributed by atoms with Crippen LogP contribution in [-0.2, 0) is 0 Å². The number of hydrogen-bond donors (Lipinski definition) is 1. The quantitative estimate of drug-likeness (QED) is 0.884. The smallest absolute Gasteiger partial charge is 0.255 e. The molecule has 0 radical (unpaired) electrons. The van der Waals surface area contributed by atoms with E-state index in [9.17, 15) is 9.90 Å². The predicted octanol–water partition coefficient (Wildman–Crippen LogP) is 0.406. The first-order valence-electron chi connectivity index (χ1n) is 7.59. The molecule has 0 unspecified atom stereocenters. The Bertz CT molecular complexity index is 668. The molecule has 1 aliphatic heterocycles. The number of carbonyl (C=O) groups is 1. The summed E-state index contributed by atoms with van der Waals surface area (Å²) < 4.78 is 1.64. The Morgan fingerprint density at radius 2 is 2.26 bits per heavy atom. The van der Waals surface area contributed by atoms with Crippen LogP contribution in [0.2, 0.25) is 0 Å². The zero-order chi connectivity index (χ0) is 16.4. The van der Waals surface area contributed by atoms with Crippen molar-refractivity contribution in [2.24, 2.45) is 0 Å². The van der Waals surface area contributed by atoms with E-state index in [0.717, 1.165) is 0 Å². The SMILES string of the molecule is CN(C)C[C@]1(O)CCN(C(=O)c2ccc(-n3cccn3)nc2)C1. The maximum Gasteiger partial charge on any atom is 0.255 e. The number of pyridine rings is 1. The normalized spacial score (nSPS) is 21.1.